The molecule has 30 heavy (non-hydrogen) atoms. The van der Waals surface area contributed by atoms with E-state index in [0.717, 1.165) is 23.6 Å². The molecule has 0 spiro atoms. The zero-order valence-corrected chi connectivity index (χ0v) is 22.8. The minimum atomic E-state index is -0.0858. The summed E-state index contributed by atoms with van der Waals surface area (Å²) >= 11 is 0.775. The van der Waals surface area contributed by atoms with Crippen molar-refractivity contribution in [3.63, 3.8) is 0 Å². The van der Waals surface area contributed by atoms with Gasteiger partial charge in [-0.15, -0.1) is 0 Å². The van der Waals surface area contributed by atoms with Gasteiger partial charge in [-0.25, -0.2) is 0 Å². The third-order valence-corrected chi connectivity index (χ3v) is 17.9. The van der Waals surface area contributed by atoms with Crippen LogP contribution in [0.3, 0.4) is 0 Å². The molecule has 3 aliphatic carbocycles. The topological polar surface area (TPSA) is 42.3 Å². The van der Waals surface area contributed by atoms with E-state index in [0.29, 0.717) is 58.0 Å². The molecule has 0 aromatic heterocycles. The molecule has 5 rings (SSSR count). The summed E-state index contributed by atoms with van der Waals surface area (Å²) in [6.45, 7) is 8.09. The van der Waals surface area contributed by atoms with Crippen molar-refractivity contribution >= 4 is 7.12 Å². The van der Waals surface area contributed by atoms with Gasteiger partial charge in [-0.05, 0) is 18.3 Å². The van der Waals surface area contributed by atoms with Gasteiger partial charge in [0, 0.05) is 0 Å². The number of alkyl halides is 2. The predicted molar refractivity (Wildman–Crippen MR) is 114 cm³/mol. The average molecular weight is 637 g/mol. The van der Waals surface area contributed by atoms with Crippen LogP contribution in [0.25, 0.3) is 0 Å². The SMILES string of the molecule is C[C@H](B1OCC[I-][I+]C[OH+]1)c1ccc2c(c1)C[C@@H](C)C1C2CC[C@@]2(C)C1CC[C@@H]2O. The third-order valence-electron chi connectivity index (χ3n) is 8.80. The Morgan fingerprint density at radius 3 is 3.07 bits per heavy atom. The molecule has 0 bridgehead atoms. The van der Waals surface area contributed by atoms with Crippen LogP contribution in [0.5, 0.6) is 0 Å². The van der Waals surface area contributed by atoms with E-state index in [-0.39, 0.29) is 18.6 Å². The molecule has 7 atom stereocenters. The second-order valence-corrected chi connectivity index (χ2v) is 21.0. The van der Waals surface area contributed by atoms with Crippen LogP contribution in [0, 0.1) is 23.2 Å². The molecule has 0 amide bonds. The molecule has 1 aromatic rings. The number of hydrogen-bond donors (Lipinski definition) is 1. The summed E-state index contributed by atoms with van der Waals surface area (Å²) in [6.07, 6.45) is 5.77. The van der Waals surface area contributed by atoms with Crippen molar-refractivity contribution in [1.29, 1.82) is 0 Å². The molecule has 0 radical (unpaired) electrons. The van der Waals surface area contributed by atoms with E-state index in [1.54, 1.807) is 11.1 Å². The van der Waals surface area contributed by atoms with Crippen LogP contribution in [0.2, 0.25) is 0 Å². The molecule has 1 aliphatic heterocycles. The van der Waals surface area contributed by atoms with Crippen LogP contribution in [0.1, 0.15) is 74.9 Å². The molecule has 166 valence electrons. The van der Waals surface area contributed by atoms with E-state index in [4.69, 9.17) is 9.31 Å². The van der Waals surface area contributed by atoms with E-state index in [1.165, 1.54) is 35.7 Å². The van der Waals surface area contributed by atoms with Crippen molar-refractivity contribution in [3.05, 3.63) is 34.9 Å². The predicted octanol–water partition coefficient (Wildman–Crippen LogP) is -2.11. The maximum absolute atomic E-state index is 10.7. The summed E-state index contributed by atoms with van der Waals surface area (Å²) in [6, 6.07) is 7.34. The third kappa shape index (κ3) is 3.92. The van der Waals surface area contributed by atoms with Gasteiger partial charge < -0.3 is 5.11 Å². The Kier molecular flexibility index (Phi) is 6.81. The van der Waals surface area contributed by atoms with Crippen molar-refractivity contribution in [2.75, 3.05) is 15.6 Å². The molecule has 1 aromatic carbocycles. The molecule has 3 unspecified atom stereocenters. The first-order valence-electron chi connectivity index (χ1n) is 11.8. The molecule has 3 fully saturated rings. The molecular formula is C24H36BI2O3+. The van der Waals surface area contributed by atoms with E-state index in [1.807, 2.05) is 0 Å². The van der Waals surface area contributed by atoms with Crippen molar-refractivity contribution in [3.8, 4) is 0 Å². The summed E-state index contributed by atoms with van der Waals surface area (Å²) in [5, 5.41) is 10.7. The zero-order valence-electron chi connectivity index (χ0n) is 18.5. The van der Waals surface area contributed by atoms with Crippen LogP contribution >= 0.6 is 0 Å². The summed E-state index contributed by atoms with van der Waals surface area (Å²) in [5.74, 6) is 3.18. The Hall–Kier alpha value is 0.625. The van der Waals surface area contributed by atoms with Crippen LogP contribution in [-0.4, -0.2) is 38.6 Å². The number of benzene rings is 1. The van der Waals surface area contributed by atoms with E-state index in [2.05, 4.69) is 39.0 Å². The van der Waals surface area contributed by atoms with Crippen LogP contribution in [0.4, 0.5) is 0 Å². The molecule has 2 N–H and O–H groups in total. The maximum atomic E-state index is 10.7. The van der Waals surface area contributed by atoms with E-state index < -0.39 is 0 Å². The number of rotatable bonds is 2. The Morgan fingerprint density at radius 1 is 1.33 bits per heavy atom. The van der Waals surface area contributed by atoms with Gasteiger partial charge >= 0.3 is 164 Å². The monoisotopic (exact) mass is 637 g/mol. The molecular weight excluding hydrogens is 601 g/mol. The fraction of sp³-hybridized carbons (Fsp3) is 0.750. The van der Waals surface area contributed by atoms with Crippen molar-refractivity contribution in [2.45, 2.75) is 70.7 Å². The van der Waals surface area contributed by atoms with Gasteiger partial charge in [0.1, 0.15) is 0 Å². The molecule has 6 heteroatoms. The minimum Gasteiger partial charge on any atom is -0.393 e. The first-order valence-corrected chi connectivity index (χ1v) is 21.1. The van der Waals surface area contributed by atoms with Crippen molar-refractivity contribution in [1.82, 2.24) is 0 Å². The smallest absolute Gasteiger partial charge is 0.393 e. The second-order valence-electron chi connectivity index (χ2n) is 10.3. The Labute approximate surface area is 199 Å². The number of hydrogen-bond acceptors (Lipinski definition) is 2. The van der Waals surface area contributed by atoms with Crippen LogP contribution in [-0.2, 0) is 11.1 Å². The fourth-order valence-corrected chi connectivity index (χ4v) is 13.8. The first kappa shape index (κ1) is 22.4. The number of aliphatic hydroxyl groups excluding tert-OH is 1. The summed E-state index contributed by atoms with van der Waals surface area (Å²) < 4.78 is 13.5. The summed E-state index contributed by atoms with van der Waals surface area (Å²) in [4.78, 5) is 0. The Bertz CT molecular complexity index is 769. The van der Waals surface area contributed by atoms with E-state index in [9.17, 15) is 5.11 Å². The van der Waals surface area contributed by atoms with Gasteiger partial charge in [0.05, 0.1) is 6.10 Å². The first-order chi connectivity index (χ1) is 14.5. The van der Waals surface area contributed by atoms with Gasteiger partial charge in [0.15, 0.2) is 0 Å². The second kappa shape index (κ2) is 9.11. The molecule has 1 heterocycles. The van der Waals surface area contributed by atoms with Gasteiger partial charge in [-0.3, -0.25) is 0 Å². The Balaban J connectivity index is 1.39. The quantitative estimate of drug-likeness (QED) is 0.175. The molecule has 1 saturated heterocycles. The minimum absolute atomic E-state index is 0.0520. The normalized spacial score (nSPS) is 40.3. The Morgan fingerprint density at radius 2 is 2.20 bits per heavy atom. The van der Waals surface area contributed by atoms with E-state index >= 15 is 0 Å². The molecule has 4 aliphatic rings. The van der Waals surface area contributed by atoms with Gasteiger partial charge in [0.25, 0.3) is 0 Å². The standard InChI is InChI=1S/C24H35BI2O3/c1-15-12-18-13-17(16(2)25-29-11-10-26-27-14-30-25)4-5-19(18)20-8-9-24(3)21(23(15)20)6-7-22(24)28/h4-5,13,15-16,20-23,28H,6-12,14H2,1-3H3/p+1/t15-,16+,20?,21?,22+,23?,24+/m1/s1. The van der Waals surface area contributed by atoms with Crippen molar-refractivity contribution < 1.29 is 48.9 Å². The van der Waals surface area contributed by atoms with Crippen LogP contribution in [0.15, 0.2) is 18.2 Å². The summed E-state index contributed by atoms with van der Waals surface area (Å²) in [7, 11) is 0.0520. The van der Waals surface area contributed by atoms with Gasteiger partial charge in [0.2, 0.25) is 0 Å². The number of fused-ring (bicyclic) bond motifs is 5. The van der Waals surface area contributed by atoms with Gasteiger partial charge in [-0.2, -0.15) is 0 Å². The van der Waals surface area contributed by atoms with Crippen molar-refractivity contribution in [2.24, 2.45) is 23.2 Å². The summed E-state index contributed by atoms with van der Waals surface area (Å²) in [5.41, 5.74) is 4.77. The fourth-order valence-electron chi connectivity index (χ4n) is 7.14. The average Bonchev–Trinajstić information content (AvgIpc) is 3.01. The zero-order chi connectivity index (χ0) is 20.9. The van der Waals surface area contributed by atoms with Gasteiger partial charge in [-0.1, -0.05) is 6.92 Å². The number of halogens is 2. The number of aliphatic hydroxyl groups is 2. The van der Waals surface area contributed by atoms with Crippen LogP contribution < -0.4 is 34.5 Å². The molecule has 2 saturated carbocycles. The molecule has 3 nitrogen and oxygen atoms in total.